The molecule has 0 aliphatic heterocycles. The van der Waals surface area contributed by atoms with E-state index in [0.717, 1.165) is 25.2 Å². The summed E-state index contributed by atoms with van der Waals surface area (Å²) in [5, 5.41) is 18.3. The van der Waals surface area contributed by atoms with E-state index in [1.54, 1.807) is 17.5 Å². The van der Waals surface area contributed by atoms with Gasteiger partial charge in [0.2, 0.25) is 0 Å². The largest absolute Gasteiger partial charge is 0.395 e. The first-order chi connectivity index (χ1) is 11.8. The van der Waals surface area contributed by atoms with Crippen molar-refractivity contribution in [3.05, 3.63) is 70.7 Å². The molecule has 0 aliphatic carbocycles. The Morgan fingerprint density at radius 3 is 2.54 bits per heavy atom. The number of aliphatic hydroxyl groups excluding tert-OH is 1. The zero-order chi connectivity index (χ0) is 16.8. The third-order valence-electron chi connectivity index (χ3n) is 4.26. The summed E-state index contributed by atoms with van der Waals surface area (Å²) in [5.74, 6) is 0. The third kappa shape index (κ3) is 4.12. The summed E-state index contributed by atoms with van der Waals surface area (Å²) >= 11 is 1.72. The Bertz CT molecular complexity index is 704. The van der Waals surface area contributed by atoms with Crippen molar-refractivity contribution in [1.29, 1.82) is 0 Å². The molecule has 24 heavy (non-hydrogen) atoms. The van der Waals surface area contributed by atoms with E-state index in [9.17, 15) is 5.11 Å². The number of hydrogen-bond acceptors (Lipinski definition) is 4. The highest BCUT2D eigenvalue weighted by Gasteiger charge is 2.17. The topological polar surface area (TPSA) is 41.3 Å². The number of hydrogen-bond donors (Lipinski definition) is 1. The lowest BCUT2D eigenvalue weighted by Gasteiger charge is -2.29. The van der Waals surface area contributed by atoms with Gasteiger partial charge in [-0.15, -0.1) is 0 Å². The fraction of sp³-hybridized carbons (Fsp3) is 0.316. The highest BCUT2D eigenvalue weighted by atomic mass is 32.1. The van der Waals surface area contributed by atoms with Crippen molar-refractivity contribution < 1.29 is 5.11 Å². The van der Waals surface area contributed by atoms with Gasteiger partial charge in [0.15, 0.2) is 0 Å². The first-order valence-corrected chi connectivity index (χ1v) is 9.19. The summed E-state index contributed by atoms with van der Waals surface area (Å²) in [5.41, 5.74) is 3.61. The van der Waals surface area contributed by atoms with E-state index < -0.39 is 0 Å². The van der Waals surface area contributed by atoms with Gasteiger partial charge >= 0.3 is 0 Å². The fourth-order valence-corrected chi connectivity index (χ4v) is 3.50. The molecule has 126 valence electrons. The fourth-order valence-electron chi connectivity index (χ4n) is 2.84. The van der Waals surface area contributed by atoms with Crippen LogP contribution in [0.25, 0.3) is 5.69 Å². The third-order valence-corrected chi connectivity index (χ3v) is 4.99. The van der Waals surface area contributed by atoms with E-state index in [4.69, 9.17) is 0 Å². The zero-order valence-corrected chi connectivity index (χ0v) is 14.7. The number of aromatic nitrogens is 2. The minimum absolute atomic E-state index is 0.177. The van der Waals surface area contributed by atoms with Crippen LogP contribution in [0.4, 0.5) is 0 Å². The van der Waals surface area contributed by atoms with Gasteiger partial charge in [-0.1, -0.05) is 19.1 Å². The van der Waals surface area contributed by atoms with Gasteiger partial charge in [-0.3, -0.25) is 4.90 Å². The number of aliphatic hydroxyl groups is 1. The quantitative estimate of drug-likeness (QED) is 0.679. The number of benzene rings is 1. The lowest BCUT2D eigenvalue weighted by Crippen LogP contribution is -2.36. The second-order valence-electron chi connectivity index (χ2n) is 5.90. The Morgan fingerprint density at radius 1 is 1.17 bits per heavy atom. The summed E-state index contributed by atoms with van der Waals surface area (Å²) in [4.78, 5) is 2.35. The molecule has 0 spiro atoms. The van der Waals surface area contributed by atoms with Crippen LogP contribution in [0.15, 0.2) is 59.6 Å². The molecule has 1 aromatic carbocycles. The molecule has 0 unspecified atom stereocenters. The predicted molar refractivity (Wildman–Crippen MR) is 98.3 cm³/mol. The maximum Gasteiger partial charge on any atom is 0.0645 e. The van der Waals surface area contributed by atoms with E-state index >= 15 is 0 Å². The Balaban J connectivity index is 1.73. The van der Waals surface area contributed by atoms with E-state index in [1.165, 1.54) is 11.1 Å². The van der Waals surface area contributed by atoms with Crippen LogP contribution >= 0.6 is 11.3 Å². The van der Waals surface area contributed by atoms with Crippen LogP contribution in [0, 0.1) is 0 Å². The van der Waals surface area contributed by atoms with Crippen molar-refractivity contribution >= 4 is 11.3 Å². The molecule has 0 amide bonds. The van der Waals surface area contributed by atoms with Crippen LogP contribution in [0.2, 0.25) is 0 Å². The molecule has 0 bridgehead atoms. The summed E-state index contributed by atoms with van der Waals surface area (Å²) in [6.45, 7) is 4.01. The summed E-state index contributed by atoms with van der Waals surface area (Å²) in [7, 11) is 0. The van der Waals surface area contributed by atoms with Crippen molar-refractivity contribution in [2.75, 3.05) is 6.61 Å². The number of thiophene rings is 1. The van der Waals surface area contributed by atoms with Gasteiger partial charge in [0, 0.05) is 31.5 Å². The van der Waals surface area contributed by atoms with E-state index in [2.05, 4.69) is 58.0 Å². The average Bonchev–Trinajstić information content (AvgIpc) is 3.30. The SMILES string of the molecule is CC[C@H](CO)N(Cc1ccc(-n2cccn2)cc1)Cc1ccsc1. The molecule has 2 aromatic heterocycles. The highest BCUT2D eigenvalue weighted by Crippen LogP contribution is 2.18. The molecule has 0 saturated heterocycles. The Hall–Kier alpha value is -1.95. The highest BCUT2D eigenvalue weighted by molar-refractivity contribution is 7.07. The van der Waals surface area contributed by atoms with Gasteiger partial charge in [-0.05, 0) is 52.6 Å². The average molecular weight is 341 g/mol. The molecule has 5 heteroatoms. The summed E-state index contributed by atoms with van der Waals surface area (Å²) in [6, 6.07) is 12.7. The molecular weight excluding hydrogens is 318 g/mol. The molecule has 3 aromatic rings. The van der Waals surface area contributed by atoms with Crippen molar-refractivity contribution in [2.24, 2.45) is 0 Å². The monoisotopic (exact) mass is 341 g/mol. The van der Waals surface area contributed by atoms with Gasteiger partial charge < -0.3 is 5.11 Å². The lowest BCUT2D eigenvalue weighted by atomic mass is 10.1. The number of nitrogens with zero attached hydrogens (tertiary/aromatic N) is 3. The van der Waals surface area contributed by atoms with E-state index in [1.807, 2.05) is 16.9 Å². The molecule has 1 N–H and O–H groups in total. The summed E-state index contributed by atoms with van der Waals surface area (Å²) in [6.07, 6.45) is 4.66. The van der Waals surface area contributed by atoms with E-state index in [-0.39, 0.29) is 12.6 Å². The van der Waals surface area contributed by atoms with Crippen molar-refractivity contribution in [2.45, 2.75) is 32.5 Å². The molecular formula is C19H23N3OS. The molecule has 2 heterocycles. The minimum atomic E-state index is 0.177. The minimum Gasteiger partial charge on any atom is -0.395 e. The Kier molecular flexibility index (Phi) is 5.80. The smallest absolute Gasteiger partial charge is 0.0645 e. The van der Waals surface area contributed by atoms with Crippen LogP contribution < -0.4 is 0 Å². The van der Waals surface area contributed by atoms with E-state index in [0.29, 0.717) is 0 Å². The van der Waals surface area contributed by atoms with Crippen molar-refractivity contribution in [3.63, 3.8) is 0 Å². The Morgan fingerprint density at radius 2 is 1.96 bits per heavy atom. The van der Waals surface area contributed by atoms with Crippen LogP contribution in [0.5, 0.6) is 0 Å². The maximum absolute atomic E-state index is 9.72. The zero-order valence-electron chi connectivity index (χ0n) is 13.9. The standard InChI is InChI=1S/C19H23N3OS/c1-2-18(14-23)21(13-17-8-11-24-15-17)12-16-4-6-19(7-5-16)22-10-3-9-20-22/h3-11,15,18,23H,2,12-14H2,1H3/t18-/m1/s1. The molecule has 1 atom stereocenters. The first kappa shape index (κ1) is 16.9. The van der Waals surface area contributed by atoms with Gasteiger partial charge in [-0.25, -0.2) is 4.68 Å². The number of rotatable bonds is 8. The van der Waals surface area contributed by atoms with Gasteiger partial charge in [0.1, 0.15) is 0 Å². The molecule has 0 aliphatic rings. The molecule has 3 rings (SSSR count). The second-order valence-corrected chi connectivity index (χ2v) is 6.68. The normalized spacial score (nSPS) is 12.6. The Labute approximate surface area is 147 Å². The van der Waals surface area contributed by atoms with Crippen LogP contribution in [-0.4, -0.2) is 32.4 Å². The molecule has 0 radical (unpaired) electrons. The van der Waals surface area contributed by atoms with Gasteiger partial charge in [-0.2, -0.15) is 16.4 Å². The first-order valence-electron chi connectivity index (χ1n) is 8.25. The second kappa shape index (κ2) is 8.24. The lowest BCUT2D eigenvalue weighted by molar-refractivity contribution is 0.107. The van der Waals surface area contributed by atoms with Crippen molar-refractivity contribution in [3.8, 4) is 5.69 Å². The van der Waals surface area contributed by atoms with Crippen LogP contribution in [-0.2, 0) is 13.1 Å². The van der Waals surface area contributed by atoms with Crippen LogP contribution in [0.3, 0.4) is 0 Å². The van der Waals surface area contributed by atoms with Gasteiger partial charge in [0.25, 0.3) is 0 Å². The summed E-state index contributed by atoms with van der Waals surface area (Å²) < 4.78 is 1.86. The van der Waals surface area contributed by atoms with Gasteiger partial charge in [0.05, 0.1) is 12.3 Å². The molecule has 0 fully saturated rings. The molecule has 0 saturated carbocycles. The van der Waals surface area contributed by atoms with Crippen LogP contribution in [0.1, 0.15) is 24.5 Å². The van der Waals surface area contributed by atoms with Crippen molar-refractivity contribution in [1.82, 2.24) is 14.7 Å². The predicted octanol–water partition coefficient (Wildman–Crippen LogP) is 3.71. The maximum atomic E-state index is 9.72. The molecule has 4 nitrogen and oxygen atoms in total.